The zero-order valence-electron chi connectivity index (χ0n) is 14.5. The average Bonchev–Trinajstić information content (AvgIpc) is 2.89. The zero-order valence-corrected chi connectivity index (χ0v) is 15.3. The minimum atomic E-state index is 0.364. The van der Waals surface area contributed by atoms with Crippen molar-refractivity contribution in [1.29, 1.82) is 0 Å². The van der Waals surface area contributed by atoms with E-state index in [-0.39, 0.29) is 0 Å². The van der Waals surface area contributed by atoms with Gasteiger partial charge < -0.3 is 10.2 Å². The maximum atomic E-state index is 6.43. The number of rotatable bonds is 5. The number of nitrogens with one attached hydrogen (secondary N) is 1. The summed E-state index contributed by atoms with van der Waals surface area (Å²) >= 11 is 6.43. The van der Waals surface area contributed by atoms with Crippen molar-refractivity contribution < 1.29 is 0 Å². The number of hydrogen-bond acceptors (Lipinski definition) is 5. The van der Waals surface area contributed by atoms with Crippen LogP contribution in [0.25, 0.3) is 0 Å². The Bertz CT molecular complexity index is 669. The minimum absolute atomic E-state index is 0.364. The standard InChI is InChI=1S/C17H25ClN6/c1-12(2)16-14(17(18)23(3)22-16)10-19-13-6-5-9-24(11-13)15-7-4-8-20-21-15/h4,7-8,12-13,19H,5-6,9-11H2,1-3H3/t13-/m0/s1. The van der Waals surface area contributed by atoms with E-state index < -0.39 is 0 Å². The Labute approximate surface area is 148 Å². The molecule has 7 heteroatoms. The summed E-state index contributed by atoms with van der Waals surface area (Å²) in [6.45, 7) is 7.02. The van der Waals surface area contributed by atoms with E-state index in [1.165, 1.54) is 0 Å². The molecule has 1 aliphatic heterocycles. The van der Waals surface area contributed by atoms with Crippen LogP contribution in [0.3, 0.4) is 0 Å². The maximum absolute atomic E-state index is 6.43. The SMILES string of the molecule is CC(C)c1nn(C)c(Cl)c1CN[C@H]1CCCN(c2cccnn2)C1. The minimum Gasteiger partial charge on any atom is -0.354 e. The molecular formula is C17H25ClN6. The predicted molar refractivity (Wildman–Crippen MR) is 96.4 cm³/mol. The third-order valence-electron chi connectivity index (χ3n) is 4.52. The molecule has 0 aromatic carbocycles. The fourth-order valence-corrected chi connectivity index (χ4v) is 3.46. The summed E-state index contributed by atoms with van der Waals surface area (Å²) in [5.41, 5.74) is 2.20. The average molecular weight is 349 g/mol. The first-order valence-corrected chi connectivity index (χ1v) is 8.91. The van der Waals surface area contributed by atoms with Gasteiger partial charge in [0, 0.05) is 44.5 Å². The predicted octanol–water partition coefficient (Wildman–Crippen LogP) is 2.75. The highest BCUT2D eigenvalue weighted by atomic mass is 35.5. The molecule has 0 unspecified atom stereocenters. The van der Waals surface area contributed by atoms with Gasteiger partial charge in [0.2, 0.25) is 0 Å². The van der Waals surface area contributed by atoms with Crippen LogP contribution in [0.15, 0.2) is 18.3 Å². The van der Waals surface area contributed by atoms with Crippen LogP contribution in [0.4, 0.5) is 5.82 Å². The Morgan fingerprint density at radius 2 is 2.25 bits per heavy atom. The van der Waals surface area contributed by atoms with Gasteiger partial charge in [-0.2, -0.15) is 10.2 Å². The Morgan fingerprint density at radius 3 is 2.96 bits per heavy atom. The zero-order chi connectivity index (χ0) is 17.1. The van der Waals surface area contributed by atoms with Crippen LogP contribution in [-0.4, -0.2) is 39.1 Å². The van der Waals surface area contributed by atoms with Crippen molar-refractivity contribution in [3.63, 3.8) is 0 Å². The molecular weight excluding hydrogens is 324 g/mol. The fraction of sp³-hybridized carbons (Fsp3) is 0.588. The van der Waals surface area contributed by atoms with Gasteiger partial charge in [-0.25, -0.2) is 0 Å². The topological polar surface area (TPSA) is 58.9 Å². The normalized spacial score (nSPS) is 18.4. The van der Waals surface area contributed by atoms with Crippen LogP contribution in [0.1, 0.15) is 43.9 Å². The lowest BCUT2D eigenvalue weighted by Gasteiger charge is -2.33. The van der Waals surface area contributed by atoms with E-state index in [2.05, 4.69) is 39.4 Å². The second-order valence-electron chi connectivity index (χ2n) is 6.68. The van der Waals surface area contributed by atoms with Gasteiger partial charge in [-0.3, -0.25) is 4.68 Å². The van der Waals surface area contributed by atoms with Crippen molar-refractivity contribution in [3.8, 4) is 0 Å². The monoisotopic (exact) mass is 348 g/mol. The number of halogens is 1. The second-order valence-corrected chi connectivity index (χ2v) is 7.04. The summed E-state index contributed by atoms with van der Waals surface area (Å²) in [4.78, 5) is 2.29. The lowest BCUT2D eigenvalue weighted by molar-refractivity contribution is 0.418. The van der Waals surface area contributed by atoms with Gasteiger partial charge >= 0.3 is 0 Å². The van der Waals surface area contributed by atoms with Crippen LogP contribution in [-0.2, 0) is 13.6 Å². The van der Waals surface area contributed by atoms with Gasteiger partial charge in [0.05, 0.1) is 5.69 Å². The van der Waals surface area contributed by atoms with E-state index in [1.807, 2.05) is 19.2 Å². The molecule has 24 heavy (non-hydrogen) atoms. The van der Waals surface area contributed by atoms with E-state index in [9.17, 15) is 0 Å². The lowest BCUT2D eigenvalue weighted by atomic mass is 10.0. The second kappa shape index (κ2) is 7.49. The molecule has 2 aromatic heterocycles. The molecule has 0 aliphatic carbocycles. The van der Waals surface area contributed by atoms with Gasteiger partial charge in [0.15, 0.2) is 5.82 Å². The summed E-state index contributed by atoms with van der Waals surface area (Å²) in [5, 5.41) is 17.1. The fourth-order valence-electron chi connectivity index (χ4n) is 3.25. The Balaban J connectivity index is 1.65. The molecule has 1 aliphatic rings. The summed E-state index contributed by atoms with van der Waals surface area (Å²) in [6.07, 6.45) is 4.01. The van der Waals surface area contributed by atoms with E-state index in [1.54, 1.807) is 10.9 Å². The molecule has 1 atom stereocenters. The summed E-state index contributed by atoms with van der Waals surface area (Å²) < 4.78 is 1.76. The third-order valence-corrected chi connectivity index (χ3v) is 4.99. The van der Waals surface area contributed by atoms with E-state index in [4.69, 9.17) is 11.6 Å². The first-order chi connectivity index (χ1) is 11.6. The van der Waals surface area contributed by atoms with E-state index in [0.717, 1.165) is 54.7 Å². The van der Waals surface area contributed by atoms with E-state index >= 15 is 0 Å². The van der Waals surface area contributed by atoms with Crippen molar-refractivity contribution in [2.75, 3.05) is 18.0 Å². The summed E-state index contributed by atoms with van der Waals surface area (Å²) in [7, 11) is 1.90. The van der Waals surface area contributed by atoms with Crippen molar-refractivity contribution >= 4 is 17.4 Å². The van der Waals surface area contributed by atoms with Gasteiger partial charge in [0.1, 0.15) is 5.15 Å². The maximum Gasteiger partial charge on any atom is 0.151 e. The van der Waals surface area contributed by atoms with Crippen molar-refractivity contribution in [2.45, 2.75) is 45.2 Å². The number of anilines is 1. The molecule has 0 spiro atoms. The number of piperidine rings is 1. The van der Waals surface area contributed by atoms with Gasteiger partial charge in [-0.05, 0) is 30.9 Å². The molecule has 0 saturated carbocycles. The Morgan fingerprint density at radius 1 is 1.42 bits per heavy atom. The molecule has 6 nitrogen and oxygen atoms in total. The van der Waals surface area contributed by atoms with Gasteiger partial charge in [0.25, 0.3) is 0 Å². The van der Waals surface area contributed by atoms with E-state index in [0.29, 0.717) is 12.0 Å². The highest BCUT2D eigenvalue weighted by molar-refractivity contribution is 6.30. The first kappa shape index (κ1) is 17.2. The molecule has 3 rings (SSSR count). The van der Waals surface area contributed by atoms with Crippen LogP contribution in [0, 0.1) is 0 Å². The smallest absolute Gasteiger partial charge is 0.151 e. The van der Waals surface area contributed by atoms with Crippen LogP contribution in [0.2, 0.25) is 5.15 Å². The Kier molecular flexibility index (Phi) is 5.36. The molecule has 0 bridgehead atoms. The number of aromatic nitrogens is 4. The molecule has 2 aromatic rings. The molecule has 3 heterocycles. The highest BCUT2D eigenvalue weighted by Gasteiger charge is 2.23. The van der Waals surface area contributed by atoms with Crippen LogP contribution < -0.4 is 10.2 Å². The number of hydrogen-bond donors (Lipinski definition) is 1. The quantitative estimate of drug-likeness (QED) is 0.900. The van der Waals surface area contributed by atoms with Crippen LogP contribution in [0.5, 0.6) is 0 Å². The van der Waals surface area contributed by atoms with Crippen LogP contribution >= 0.6 is 11.6 Å². The van der Waals surface area contributed by atoms with Crippen molar-refractivity contribution in [3.05, 3.63) is 34.7 Å². The first-order valence-electron chi connectivity index (χ1n) is 8.53. The summed E-state index contributed by atoms with van der Waals surface area (Å²) in [5.74, 6) is 1.31. The molecule has 0 amide bonds. The lowest BCUT2D eigenvalue weighted by Crippen LogP contribution is -2.45. The van der Waals surface area contributed by atoms with Crippen molar-refractivity contribution in [1.82, 2.24) is 25.3 Å². The largest absolute Gasteiger partial charge is 0.354 e. The molecule has 0 radical (unpaired) electrons. The molecule has 1 fully saturated rings. The van der Waals surface area contributed by atoms with Crippen molar-refractivity contribution in [2.24, 2.45) is 7.05 Å². The van der Waals surface area contributed by atoms with Gasteiger partial charge in [-0.1, -0.05) is 25.4 Å². The highest BCUT2D eigenvalue weighted by Crippen LogP contribution is 2.25. The number of nitrogens with zero attached hydrogens (tertiary/aromatic N) is 5. The molecule has 1 N–H and O–H groups in total. The Hall–Kier alpha value is -1.66. The van der Waals surface area contributed by atoms with Gasteiger partial charge in [-0.15, -0.1) is 5.10 Å². The number of aryl methyl sites for hydroxylation is 1. The molecule has 1 saturated heterocycles. The summed E-state index contributed by atoms with van der Waals surface area (Å²) in [6, 6.07) is 4.37. The molecule has 130 valence electrons. The third kappa shape index (κ3) is 3.70.